The molecule has 0 saturated heterocycles. The van der Waals surface area contributed by atoms with E-state index >= 15 is 0 Å². The summed E-state index contributed by atoms with van der Waals surface area (Å²) in [4.78, 5) is 47.1. The van der Waals surface area contributed by atoms with Gasteiger partial charge in [0.1, 0.15) is 0 Å². The molecule has 2 aromatic carbocycles. The van der Waals surface area contributed by atoms with Gasteiger partial charge in [0.15, 0.2) is 11.6 Å². The maximum atomic E-state index is 12.3. The summed E-state index contributed by atoms with van der Waals surface area (Å²) in [7, 11) is 0. The lowest BCUT2D eigenvalue weighted by Crippen LogP contribution is -2.27. The topological polar surface area (TPSA) is 120 Å². The smallest absolute Gasteiger partial charge is 0.280 e. The van der Waals surface area contributed by atoms with E-state index in [0.717, 1.165) is 22.3 Å². The molecule has 2 aliphatic carbocycles. The van der Waals surface area contributed by atoms with Crippen molar-refractivity contribution in [2.24, 2.45) is 0 Å². The van der Waals surface area contributed by atoms with Gasteiger partial charge in [0, 0.05) is 17.5 Å². The van der Waals surface area contributed by atoms with Crippen molar-refractivity contribution in [1.82, 2.24) is 0 Å². The number of carbonyl (C=O) groups excluding carboxylic acids is 2. The van der Waals surface area contributed by atoms with Gasteiger partial charge in [-0.3, -0.25) is 29.8 Å². The van der Waals surface area contributed by atoms with Crippen LogP contribution in [0.25, 0.3) is 0 Å². The average molecular weight is 450 g/mol. The predicted octanol–water partition coefficient (Wildman–Crippen LogP) is 5.56. The van der Waals surface area contributed by atoms with Crippen LogP contribution >= 0.6 is 0 Å². The molecule has 1 spiro atoms. The van der Waals surface area contributed by atoms with Gasteiger partial charge in [-0.05, 0) is 71.9 Å². The third-order valence-electron chi connectivity index (χ3n) is 7.40. The molecule has 2 aromatic rings. The number of fused-ring (bicyclic) bond motifs is 4. The second-order valence-electron chi connectivity index (χ2n) is 10.7. The SMILES string of the molecule is CC(=O)c1cc2c(cc1[N+](=O)[O-])C(C)(C)CC21CC(C)(C)c2cc([N+](=O)[O-])c(C(C)=O)cc21. The van der Waals surface area contributed by atoms with Crippen molar-refractivity contribution in [3.8, 4) is 0 Å². The minimum absolute atomic E-state index is 0.0517. The van der Waals surface area contributed by atoms with Crippen LogP contribution in [0.5, 0.6) is 0 Å². The minimum atomic E-state index is -0.615. The Morgan fingerprint density at radius 3 is 1.30 bits per heavy atom. The molecule has 0 bridgehead atoms. The molecule has 0 fully saturated rings. The number of nitrogens with zero attached hydrogens (tertiary/aromatic N) is 2. The molecule has 0 aromatic heterocycles. The Balaban J connectivity index is 2.11. The zero-order valence-electron chi connectivity index (χ0n) is 19.6. The van der Waals surface area contributed by atoms with Crippen molar-refractivity contribution in [3.63, 3.8) is 0 Å². The molecule has 4 rings (SSSR count). The number of rotatable bonds is 4. The van der Waals surface area contributed by atoms with Gasteiger partial charge in [-0.2, -0.15) is 0 Å². The van der Waals surface area contributed by atoms with Crippen molar-refractivity contribution in [2.75, 3.05) is 0 Å². The van der Waals surface area contributed by atoms with E-state index in [1.54, 1.807) is 12.1 Å². The summed E-state index contributed by atoms with van der Waals surface area (Å²) in [5.41, 5.74) is 1.45. The fourth-order valence-corrected chi connectivity index (χ4v) is 6.24. The van der Waals surface area contributed by atoms with Gasteiger partial charge in [0.2, 0.25) is 0 Å². The molecular formula is C25H26N2O6. The number of ketones is 2. The van der Waals surface area contributed by atoms with E-state index in [2.05, 4.69) is 0 Å². The normalized spacial score (nSPS) is 18.6. The fourth-order valence-electron chi connectivity index (χ4n) is 6.24. The van der Waals surface area contributed by atoms with Gasteiger partial charge in [0.25, 0.3) is 11.4 Å². The van der Waals surface area contributed by atoms with E-state index < -0.39 is 37.7 Å². The number of hydrogen-bond donors (Lipinski definition) is 0. The van der Waals surface area contributed by atoms with E-state index in [4.69, 9.17) is 0 Å². The third-order valence-corrected chi connectivity index (χ3v) is 7.40. The van der Waals surface area contributed by atoms with Crippen LogP contribution in [-0.2, 0) is 16.2 Å². The van der Waals surface area contributed by atoms with Crippen molar-refractivity contribution < 1.29 is 19.4 Å². The minimum Gasteiger partial charge on any atom is -0.294 e. The Labute approximate surface area is 191 Å². The molecule has 2 aliphatic rings. The Bertz CT molecular complexity index is 1190. The van der Waals surface area contributed by atoms with Gasteiger partial charge in [-0.15, -0.1) is 0 Å². The Hall–Kier alpha value is -3.42. The molecule has 0 unspecified atom stereocenters. The standard InChI is InChI=1S/C25H26N2O6/c1-13(28)15-7-19-17(9-21(15)26(30)31)23(3,4)11-25(19)12-24(5,6)18-10-22(27(32)33)16(14(2)29)8-20(18)25/h7-10H,11-12H2,1-6H3. The Kier molecular flexibility index (Phi) is 4.68. The van der Waals surface area contributed by atoms with Crippen LogP contribution in [-0.4, -0.2) is 21.4 Å². The molecule has 33 heavy (non-hydrogen) atoms. The Morgan fingerprint density at radius 2 is 1.03 bits per heavy atom. The molecule has 0 heterocycles. The van der Waals surface area contributed by atoms with Gasteiger partial charge < -0.3 is 0 Å². The highest BCUT2D eigenvalue weighted by molar-refractivity contribution is 6.00. The predicted molar refractivity (Wildman–Crippen MR) is 122 cm³/mol. The molecule has 0 atom stereocenters. The highest BCUT2D eigenvalue weighted by Crippen LogP contribution is 2.63. The van der Waals surface area contributed by atoms with Crippen molar-refractivity contribution in [2.45, 2.75) is 70.6 Å². The van der Waals surface area contributed by atoms with E-state index in [0.29, 0.717) is 12.8 Å². The van der Waals surface area contributed by atoms with Crippen molar-refractivity contribution in [1.29, 1.82) is 0 Å². The molecule has 0 aliphatic heterocycles. The number of nitro benzene ring substituents is 2. The summed E-state index contributed by atoms with van der Waals surface area (Å²) in [6.07, 6.45) is 1.22. The third kappa shape index (κ3) is 3.11. The maximum absolute atomic E-state index is 12.3. The number of hydrogen-bond acceptors (Lipinski definition) is 6. The van der Waals surface area contributed by atoms with Crippen LogP contribution in [0.15, 0.2) is 24.3 Å². The molecule has 0 radical (unpaired) electrons. The summed E-state index contributed by atoms with van der Waals surface area (Å²) in [5.74, 6) is -0.787. The largest absolute Gasteiger partial charge is 0.294 e. The molecule has 8 heteroatoms. The highest BCUT2D eigenvalue weighted by atomic mass is 16.6. The van der Waals surface area contributed by atoms with Gasteiger partial charge >= 0.3 is 0 Å². The van der Waals surface area contributed by atoms with E-state index in [1.807, 2.05) is 27.7 Å². The van der Waals surface area contributed by atoms with Gasteiger partial charge in [0.05, 0.1) is 21.0 Å². The first kappa shape index (κ1) is 22.8. The quantitative estimate of drug-likeness (QED) is 0.342. The van der Waals surface area contributed by atoms with Gasteiger partial charge in [-0.25, -0.2) is 0 Å². The molecule has 172 valence electrons. The lowest BCUT2D eigenvalue weighted by Gasteiger charge is -2.30. The van der Waals surface area contributed by atoms with Crippen LogP contribution in [0.3, 0.4) is 0 Å². The van der Waals surface area contributed by atoms with Crippen LogP contribution in [0, 0.1) is 20.2 Å². The van der Waals surface area contributed by atoms with E-state index in [-0.39, 0.29) is 22.5 Å². The van der Waals surface area contributed by atoms with Crippen molar-refractivity contribution >= 4 is 22.9 Å². The molecule has 8 nitrogen and oxygen atoms in total. The summed E-state index contributed by atoms with van der Waals surface area (Å²) in [5, 5.41) is 23.4. The second kappa shape index (κ2) is 6.79. The summed E-state index contributed by atoms with van der Waals surface area (Å²) in [6.45, 7) is 10.7. The van der Waals surface area contributed by atoms with Crippen LogP contribution in [0.4, 0.5) is 11.4 Å². The summed E-state index contributed by atoms with van der Waals surface area (Å²) >= 11 is 0. The fraction of sp³-hybridized carbons (Fsp3) is 0.440. The van der Waals surface area contributed by atoms with Gasteiger partial charge in [-0.1, -0.05) is 27.7 Å². The summed E-state index contributed by atoms with van der Waals surface area (Å²) in [6, 6.07) is 6.32. The average Bonchev–Trinajstić information content (AvgIpc) is 3.05. The lowest BCUT2D eigenvalue weighted by molar-refractivity contribution is -0.385. The molecule has 0 amide bonds. The summed E-state index contributed by atoms with van der Waals surface area (Å²) < 4.78 is 0. The van der Waals surface area contributed by atoms with E-state index in [1.165, 1.54) is 26.0 Å². The molecule has 0 N–H and O–H groups in total. The maximum Gasteiger partial charge on any atom is 0.280 e. The second-order valence-corrected chi connectivity index (χ2v) is 10.7. The number of benzene rings is 2. The molecule has 0 saturated carbocycles. The van der Waals surface area contributed by atoms with Crippen LogP contribution in [0.1, 0.15) is 97.4 Å². The Morgan fingerprint density at radius 1 is 0.697 bits per heavy atom. The first-order chi connectivity index (χ1) is 15.1. The van der Waals surface area contributed by atoms with Crippen LogP contribution < -0.4 is 0 Å². The highest BCUT2D eigenvalue weighted by Gasteiger charge is 2.57. The molecular weight excluding hydrogens is 424 g/mol. The van der Waals surface area contributed by atoms with E-state index in [9.17, 15) is 29.8 Å². The number of carbonyl (C=O) groups is 2. The first-order valence-electron chi connectivity index (χ1n) is 10.8. The zero-order valence-corrected chi connectivity index (χ0v) is 19.6. The number of nitro groups is 2. The monoisotopic (exact) mass is 450 g/mol. The lowest BCUT2D eigenvalue weighted by atomic mass is 9.72. The number of Topliss-reactive ketones (excluding diaryl/α,β-unsaturated/α-hetero) is 2. The van der Waals surface area contributed by atoms with Crippen LogP contribution in [0.2, 0.25) is 0 Å². The first-order valence-corrected chi connectivity index (χ1v) is 10.8. The van der Waals surface area contributed by atoms with Crippen molar-refractivity contribution in [3.05, 3.63) is 77.9 Å². The zero-order chi connectivity index (χ0) is 24.7.